The van der Waals surface area contributed by atoms with E-state index in [-0.39, 0.29) is 17.4 Å². The van der Waals surface area contributed by atoms with Gasteiger partial charge in [0, 0.05) is 42.6 Å². The highest BCUT2D eigenvalue weighted by atomic mass is 35.5. The monoisotopic (exact) mass is 527 g/mol. The second-order valence-electron chi connectivity index (χ2n) is 9.04. The van der Waals surface area contributed by atoms with Crippen LogP contribution in [0.4, 0.5) is 11.4 Å². The number of carbonyl (C=O) groups is 1. The normalized spacial score (nSPS) is 14.0. The fraction of sp³-hybridized carbons (Fsp3) is 0.296. The number of rotatable bonds is 7. The molecule has 1 amide bonds. The molecular formula is C27H30ClN3O4S. The van der Waals surface area contributed by atoms with Gasteiger partial charge in [-0.05, 0) is 86.0 Å². The summed E-state index contributed by atoms with van der Waals surface area (Å²) < 4.78 is 33.8. The van der Waals surface area contributed by atoms with E-state index in [1.54, 1.807) is 29.2 Å². The molecule has 36 heavy (non-hydrogen) atoms. The zero-order chi connectivity index (χ0) is 25.9. The predicted molar refractivity (Wildman–Crippen MR) is 144 cm³/mol. The molecule has 3 aromatic rings. The topological polar surface area (TPSA) is 78.9 Å². The second-order valence-corrected chi connectivity index (χ2v) is 11.2. The van der Waals surface area contributed by atoms with E-state index in [4.69, 9.17) is 16.3 Å². The van der Waals surface area contributed by atoms with Crippen molar-refractivity contribution in [1.29, 1.82) is 0 Å². The van der Waals surface area contributed by atoms with Crippen LogP contribution in [0.5, 0.6) is 5.75 Å². The largest absolute Gasteiger partial charge is 0.484 e. The Bertz CT molecular complexity index is 1330. The first-order valence-electron chi connectivity index (χ1n) is 11.7. The van der Waals surface area contributed by atoms with Crippen LogP contribution in [0.3, 0.4) is 0 Å². The molecule has 1 aliphatic heterocycles. The van der Waals surface area contributed by atoms with Gasteiger partial charge < -0.3 is 14.5 Å². The lowest BCUT2D eigenvalue weighted by Crippen LogP contribution is -2.50. The zero-order valence-electron chi connectivity index (χ0n) is 20.6. The Morgan fingerprint density at radius 2 is 1.56 bits per heavy atom. The molecule has 1 aliphatic rings. The van der Waals surface area contributed by atoms with Gasteiger partial charge in [0.2, 0.25) is 0 Å². The fourth-order valence-corrected chi connectivity index (χ4v) is 5.53. The van der Waals surface area contributed by atoms with Crippen LogP contribution in [0.15, 0.2) is 65.6 Å². The van der Waals surface area contributed by atoms with E-state index < -0.39 is 10.0 Å². The van der Waals surface area contributed by atoms with Crippen LogP contribution in [0.1, 0.15) is 16.7 Å². The summed E-state index contributed by atoms with van der Waals surface area (Å²) in [6.07, 6.45) is 0. The maximum Gasteiger partial charge on any atom is 0.261 e. The number of benzene rings is 3. The summed E-state index contributed by atoms with van der Waals surface area (Å²) in [5.74, 6) is 0.326. The minimum atomic E-state index is -3.74. The number of hydrogen-bond acceptors (Lipinski definition) is 5. The number of piperazine rings is 1. The van der Waals surface area contributed by atoms with E-state index in [0.29, 0.717) is 42.6 Å². The van der Waals surface area contributed by atoms with E-state index in [0.717, 1.165) is 22.4 Å². The third-order valence-corrected chi connectivity index (χ3v) is 7.75. The highest BCUT2D eigenvalue weighted by molar-refractivity contribution is 7.92. The van der Waals surface area contributed by atoms with Crippen molar-refractivity contribution >= 4 is 38.9 Å². The number of halogens is 1. The number of aryl methyl sites for hydroxylation is 3. The molecule has 0 bridgehead atoms. The van der Waals surface area contributed by atoms with Crippen molar-refractivity contribution in [3.05, 3.63) is 82.4 Å². The van der Waals surface area contributed by atoms with Gasteiger partial charge in [0.05, 0.1) is 4.90 Å². The predicted octanol–water partition coefficient (Wildman–Crippen LogP) is 4.79. The first-order chi connectivity index (χ1) is 17.1. The van der Waals surface area contributed by atoms with Crippen LogP contribution in [0, 0.1) is 20.8 Å². The molecule has 0 spiro atoms. The minimum Gasteiger partial charge on any atom is -0.484 e. The number of ether oxygens (including phenoxy) is 1. The number of nitrogens with one attached hydrogen (secondary N) is 1. The molecule has 0 radical (unpaired) electrons. The summed E-state index contributed by atoms with van der Waals surface area (Å²) in [5.41, 5.74) is 4.71. The Morgan fingerprint density at radius 1 is 0.917 bits per heavy atom. The number of hydrogen-bond donors (Lipinski definition) is 1. The van der Waals surface area contributed by atoms with Gasteiger partial charge in [-0.3, -0.25) is 9.52 Å². The van der Waals surface area contributed by atoms with E-state index in [1.807, 2.05) is 45.0 Å². The molecule has 0 aromatic heterocycles. The third kappa shape index (κ3) is 6.30. The second kappa shape index (κ2) is 10.8. The highest BCUT2D eigenvalue weighted by Crippen LogP contribution is 2.25. The molecule has 9 heteroatoms. The third-order valence-electron chi connectivity index (χ3n) is 6.11. The molecule has 0 saturated carbocycles. The summed E-state index contributed by atoms with van der Waals surface area (Å²) in [6.45, 7) is 8.39. The number of sulfonamides is 1. The van der Waals surface area contributed by atoms with Crippen molar-refractivity contribution in [3.63, 3.8) is 0 Å². The quantitative estimate of drug-likeness (QED) is 0.478. The molecule has 0 atom stereocenters. The molecule has 4 rings (SSSR count). The molecule has 1 saturated heterocycles. The van der Waals surface area contributed by atoms with Crippen LogP contribution < -0.4 is 14.4 Å². The lowest BCUT2D eigenvalue weighted by Gasteiger charge is -2.36. The molecule has 1 fully saturated rings. The van der Waals surface area contributed by atoms with Crippen LogP contribution in [0.2, 0.25) is 5.02 Å². The molecule has 3 aromatic carbocycles. The van der Waals surface area contributed by atoms with Gasteiger partial charge in [0.25, 0.3) is 15.9 Å². The first kappa shape index (κ1) is 25.9. The Hall–Kier alpha value is -3.23. The van der Waals surface area contributed by atoms with Gasteiger partial charge in [-0.15, -0.1) is 0 Å². The number of anilines is 2. The van der Waals surface area contributed by atoms with E-state index in [2.05, 4.69) is 9.62 Å². The van der Waals surface area contributed by atoms with Crippen molar-refractivity contribution in [2.45, 2.75) is 25.7 Å². The van der Waals surface area contributed by atoms with Crippen molar-refractivity contribution in [3.8, 4) is 5.75 Å². The van der Waals surface area contributed by atoms with Crippen LogP contribution in [-0.4, -0.2) is 52.0 Å². The van der Waals surface area contributed by atoms with Gasteiger partial charge in [-0.2, -0.15) is 0 Å². The first-order valence-corrected chi connectivity index (χ1v) is 13.6. The number of carbonyl (C=O) groups excluding carboxylic acids is 1. The fourth-order valence-electron chi connectivity index (χ4n) is 4.32. The molecular weight excluding hydrogens is 498 g/mol. The van der Waals surface area contributed by atoms with Crippen LogP contribution >= 0.6 is 11.6 Å². The van der Waals surface area contributed by atoms with Gasteiger partial charge in [0.1, 0.15) is 5.75 Å². The number of amides is 1. The van der Waals surface area contributed by atoms with Crippen molar-refractivity contribution < 1.29 is 17.9 Å². The molecule has 190 valence electrons. The van der Waals surface area contributed by atoms with Gasteiger partial charge >= 0.3 is 0 Å². The zero-order valence-corrected chi connectivity index (χ0v) is 22.2. The maximum absolute atomic E-state index is 12.8. The lowest BCUT2D eigenvalue weighted by atomic mass is 10.1. The Morgan fingerprint density at radius 3 is 2.19 bits per heavy atom. The molecule has 0 aliphatic carbocycles. The average Bonchev–Trinajstić information content (AvgIpc) is 2.83. The summed E-state index contributed by atoms with van der Waals surface area (Å²) >= 11 is 6.15. The molecule has 1 heterocycles. The van der Waals surface area contributed by atoms with Gasteiger partial charge in [-0.25, -0.2) is 8.42 Å². The lowest BCUT2D eigenvalue weighted by molar-refractivity contribution is -0.133. The molecule has 7 nitrogen and oxygen atoms in total. The Kier molecular flexibility index (Phi) is 7.76. The summed E-state index contributed by atoms with van der Waals surface area (Å²) in [4.78, 5) is 16.8. The molecule has 1 N–H and O–H groups in total. The van der Waals surface area contributed by atoms with Crippen molar-refractivity contribution in [2.75, 3.05) is 42.4 Å². The van der Waals surface area contributed by atoms with E-state index >= 15 is 0 Å². The van der Waals surface area contributed by atoms with E-state index in [9.17, 15) is 13.2 Å². The smallest absolute Gasteiger partial charge is 0.261 e. The van der Waals surface area contributed by atoms with Gasteiger partial charge in [-0.1, -0.05) is 23.7 Å². The van der Waals surface area contributed by atoms with Crippen molar-refractivity contribution in [1.82, 2.24) is 4.90 Å². The maximum atomic E-state index is 12.8. The summed E-state index contributed by atoms with van der Waals surface area (Å²) in [7, 11) is -3.74. The van der Waals surface area contributed by atoms with Crippen molar-refractivity contribution in [2.24, 2.45) is 0 Å². The van der Waals surface area contributed by atoms with E-state index in [1.165, 1.54) is 12.1 Å². The van der Waals surface area contributed by atoms with Crippen LogP contribution in [-0.2, 0) is 14.8 Å². The Labute approximate surface area is 217 Å². The summed E-state index contributed by atoms with van der Waals surface area (Å²) in [6, 6.07) is 17.4. The average molecular weight is 528 g/mol. The SMILES string of the molecule is Cc1cc(C)cc(NS(=O)(=O)c2ccc(OCC(=O)N3CCN(c4cc(Cl)ccc4C)CC3)cc2)c1. The number of nitrogens with zero attached hydrogens (tertiary/aromatic N) is 2. The summed E-state index contributed by atoms with van der Waals surface area (Å²) in [5, 5.41) is 0.697. The highest BCUT2D eigenvalue weighted by Gasteiger charge is 2.23. The minimum absolute atomic E-state index is 0.106. The van der Waals surface area contributed by atoms with Crippen LogP contribution in [0.25, 0.3) is 0 Å². The standard InChI is InChI=1S/C27H30ClN3O4S/c1-19-14-20(2)16-23(15-19)29-36(33,34)25-8-6-24(7-9-25)35-18-27(32)31-12-10-30(11-13-31)26-17-22(28)5-4-21(26)3/h4-9,14-17,29H,10-13,18H2,1-3H3. The molecule has 0 unspecified atom stereocenters. The Balaban J connectivity index is 1.30. The van der Waals surface area contributed by atoms with Gasteiger partial charge in [0.15, 0.2) is 6.61 Å².